The Balaban J connectivity index is 2.02. The molecule has 0 amide bonds. The molecule has 0 saturated heterocycles. The molecule has 3 rings (SSSR count). The topological polar surface area (TPSA) is 59.4 Å². The molecule has 1 aromatic heterocycles. The quantitative estimate of drug-likeness (QED) is 0.247. The summed E-state index contributed by atoms with van der Waals surface area (Å²) < 4.78 is 14.6. The van der Waals surface area contributed by atoms with Gasteiger partial charge in [-0.15, -0.1) is 0 Å². The van der Waals surface area contributed by atoms with Crippen LogP contribution in [-0.4, -0.2) is 10.8 Å². The normalized spacial score (nSPS) is 11.5. The summed E-state index contributed by atoms with van der Waals surface area (Å²) in [7, 11) is 0. The first-order valence-electron chi connectivity index (χ1n) is 9.43. The average Bonchev–Trinajstić information content (AvgIpc) is 2.77. The second-order valence-electron chi connectivity index (χ2n) is 7.03. The van der Waals surface area contributed by atoms with E-state index in [4.69, 9.17) is 0 Å². The summed E-state index contributed by atoms with van der Waals surface area (Å²) in [6.45, 7) is 9.42. The van der Waals surface area contributed by atoms with Crippen molar-refractivity contribution in [3.63, 3.8) is 0 Å². The van der Waals surface area contributed by atoms with Crippen LogP contribution in [0.25, 0.3) is 16.7 Å². The average molecular weight is 400 g/mol. The fraction of sp³-hybridized carbons (Fsp3) is 0.120. The summed E-state index contributed by atoms with van der Waals surface area (Å²) in [5.41, 5.74) is 3.85. The molecule has 0 bridgehead atoms. The molecule has 1 atom stereocenters. The molecule has 0 aliphatic carbocycles. The second-order valence-corrected chi connectivity index (χ2v) is 7.03. The first kappa shape index (κ1) is 21.0. The van der Waals surface area contributed by atoms with Gasteiger partial charge >= 0.3 is 0 Å². The maximum atomic E-state index is 14.6. The zero-order valence-corrected chi connectivity index (χ0v) is 16.6. The zero-order valence-electron chi connectivity index (χ0n) is 16.6. The SMILES string of the molecule is C=CC(=O)c1cc(C(=C)CC(N=O)c2ccccn2)cc(-c2ccc(C)cc2F)c1. The van der Waals surface area contributed by atoms with Gasteiger partial charge < -0.3 is 0 Å². The standard InChI is InChI=1S/C25H21FN2O2/c1-4-25(29)20-14-18(13-19(15-20)21-9-8-16(2)11-22(21)26)17(3)12-24(28-30)23-7-5-6-10-27-23/h4-11,13-15,24H,1,3,12H2,2H3. The highest BCUT2D eigenvalue weighted by Gasteiger charge is 2.18. The number of aryl methyl sites for hydroxylation is 1. The number of nitrogens with zero attached hydrogens (tertiary/aromatic N) is 2. The number of rotatable bonds is 8. The number of hydrogen-bond acceptors (Lipinski definition) is 4. The van der Waals surface area contributed by atoms with E-state index in [-0.39, 0.29) is 18.0 Å². The minimum Gasteiger partial charge on any atom is -0.289 e. The smallest absolute Gasteiger partial charge is 0.185 e. The first-order valence-corrected chi connectivity index (χ1v) is 9.43. The summed E-state index contributed by atoms with van der Waals surface area (Å²) in [6, 6.07) is 14.5. The largest absolute Gasteiger partial charge is 0.289 e. The first-order chi connectivity index (χ1) is 14.4. The number of hydrogen-bond donors (Lipinski definition) is 0. The lowest BCUT2D eigenvalue weighted by Gasteiger charge is -2.14. The van der Waals surface area contributed by atoms with E-state index in [1.807, 2.05) is 13.0 Å². The molecule has 5 heteroatoms. The molecular formula is C25H21FN2O2. The van der Waals surface area contributed by atoms with Crippen LogP contribution in [-0.2, 0) is 0 Å². The molecule has 3 aromatic rings. The predicted molar refractivity (Wildman–Crippen MR) is 118 cm³/mol. The number of allylic oxidation sites excluding steroid dienone is 1. The van der Waals surface area contributed by atoms with Gasteiger partial charge in [0.05, 0.1) is 5.69 Å². The number of aromatic nitrogens is 1. The molecule has 0 spiro atoms. The van der Waals surface area contributed by atoms with Crippen LogP contribution in [0, 0.1) is 17.6 Å². The molecule has 0 fully saturated rings. The van der Waals surface area contributed by atoms with Crippen LogP contribution in [0.2, 0.25) is 0 Å². The molecule has 4 nitrogen and oxygen atoms in total. The highest BCUT2D eigenvalue weighted by Crippen LogP contribution is 2.32. The number of benzene rings is 2. The van der Waals surface area contributed by atoms with Gasteiger partial charge in [-0.1, -0.05) is 36.5 Å². The summed E-state index contributed by atoms with van der Waals surface area (Å²) >= 11 is 0. The zero-order chi connectivity index (χ0) is 21.7. The molecule has 1 heterocycles. The summed E-state index contributed by atoms with van der Waals surface area (Å²) in [5, 5.41) is 3.19. The van der Waals surface area contributed by atoms with Crippen molar-refractivity contribution in [1.29, 1.82) is 0 Å². The van der Waals surface area contributed by atoms with Gasteiger partial charge in [0.2, 0.25) is 0 Å². The number of carbonyl (C=O) groups is 1. The van der Waals surface area contributed by atoms with Crippen molar-refractivity contribution in [1.82, 2.24) is 4.98 Å². The fourth-order valence-electron chi connectivity index (χ4n) is 3.22. The molecule has 0 aliphatic rings. The van der Waals surface area contributed by atoms with Gasteiger partial charge in [-0.2, -0.15) is 4.91 Å². The van der Waals surface area contributed by atoms with Crippen molar-refractivity contribution in [3.05, 3.63) is 113 Å². The molecular weight excluding hydrogens is 379 g/mol. The summed E-state index contributed by atoms with van der Waals surface area (Å²) in [4.78, 5) is 27.9. The molecule has 2 aromatic carbocycles. The predicted octanol–water partition coefficient (Wildman–Crippen LogP) is 6.48. The van der Waals surface area contributed by atoms with Gasteiger partial charge in [-0.3, -0.25) is 9.78 Å². The Morgan fingerprint density at radius 3 is 2.57 bits per heavy atom. The minimum absolute atomic E-state index is 0.224. The van der Waals surface area contributed by atoms with Gasteiger partial charge in [0.1, 0.15) is 11.9 Å². The van der Waals surface area contributed by atoms with Crippen molar-refractivity contribution < 1.29 is 9.18 Å². The summed E-state index contributed by atoms with van der Waals surface area (Å²) in [5.74, 6) is -0.663. The Labute approximate surface area is 174 Å². The van der Waals surface area contributed by atoms with Crippen molar-refractivity contribution in [2.45, 2.75) is 19.4 Å². The van der Waals surface area contributed by atoms with Crippen molar-refractivity contribution in [3.8, 4) is 11.1 Å². The lowest BCUT2D eigenvalue weighted by Crippen LogP contribution is -2.01. The monoisotopic (exact) mass is 400 g/mol. The number of carbonyl (C=O) groups excluding carboxylic acids is 1. The molecule has 0 saturated carbocycles. The van der Waals surface area contributed by atoms with E-state index in [1.54, 1.807) is 48.7 Å². The van der Waals surface area contributed by atoms with Crippen LogP contribution in [0.15, 0.2) is 85.2 Å². The number of halogens is 1. The third-order valence-electron chi connectivity index (χ3n) is 4.84. The van der Waals surface area contributed by atoms with E-state index in [2.05, 4.69) is 23.3 Å². The van der Waals surface area contributed by atoms with Crippen LogP contribution in [0.3, 0.4) is 0 Å². The van der Waals surface area contributed by atoms with Crippen molar-refractivity contribution in [2.75, 3.05) is 0 Å². The van der Waals surface area contributed by atoms with Gasteiger partial charge in [0.15, 0.2) is 5.78 Å². The Kier molecular flexibility index (Phi) is 6.42. The van der Waals surface area contributed by atoms with Crippen LogP contribution < -0.4 is 0 Å². The van der Waals surface area contributed by atoms with Crippen molar-refractivity contribution >= 4 is 11.4 Å². The Morgan fingerprint density at radius 2 is 1.93 bits per heavy atom. The Bertz CT molecular complexity index is 1120. The van der Waals surface area contributed by atoms with Gasteiger partial charge in [-0.25, -0.2) is 4.39 Å². The summed E-state index contributed by atoms with van der Waals surface area (Å²) in [6.07, 6.45) is 3.03. The van der Waals surface area contributed by atoms with Gasteiger partial charge in [-0.05, 0) is 71.7 Å². The third-order valence-corrected chi connectivity index (χ3v) is 4.84. The maximum Gasteiger partial charge on any atom is 0.185 e. The molecule has 0 N–H and O–H groups in total. The maximum absolute atomic E-state index is 14.6. The number of pyridine rings is 1. The molecule has 0 aliphatic heterocycles. The van der Waals surface area contributed by atoms with Crippen LogP contribution >= 0.6 is 0 Å². The van der Waals surface area contributed by atoms with Crippen LogP contribution in [0.5, 0.6) is 0 Å². The van der Waals surface area contributed by atoms with Gasteiger partial charge in [0.25, 0.3) is 0 Å². The highest BCUT2D eigenvalue weighted by atomic mass is 19.1. The Morgan fingerprint density at radius 1 is 1.17 bits per heavy atom. The van der Waals surface area contributed by atoms with Crippen LogP contribution in [0.4, 0.5) is 4.39 Å². The van der Waals surface area contributed by atoms with E-state index in [1.165, 1.54) is 12.1 Å². The van der Waals surface area contributed by atoms with E-state index in [0.29, 0.717) is 33.5 Å². The van der Waals surface area contributed by atoms with E-state index in [0.717, 1.165) is 5.56 Å². The molecule has 0 radical (unpaired) electrons. The fourth-order valence-corrected chi connectivity index (χ4v) is 3.22. The van der Waals surface area contributed by atoms with Crippen molar-refractivity contribution in [2.24, 2.45) is 5.18 Å². The molecule has 150 valence electrons. The van der Waals surface area contributed by atoms with Crippen LogP contribution in [0.1, 0.15) is 39.6 Å². The van der Waals surface area contributed by atoms with E-state index in [9.17, 15) is 14.1 Å². The van der Waals surface area contributed by atoms with E-state index >= 15 is 0 Å². The molecule has 1 unspecified atom stereocenters. The number of ketones is 1. The lowest BCUT2D eigenvalue weighted by molar-refractivity contribution is 0.104. The third kappa shape index (κ3) is 4.63. The van der Waals surface area contributed by atoms with E-state index < -0.39 is 6.04 Å². The minimum atomic E-state index is -0.711. The second kappa shape index (κ2) is 9.18. The lowest BCUT2D eigenvalue weighted by atomic mass is 9.92. The Hall–Kier alpha value is -3.73. The highest BCUT2D eigenvalue weighted by molar-refractivity contribution is 6.05. The molecule has 30 heavy (non-hydrogen) atoms. The van der Waals surface area contributed by atoms with Gasteiger partial charge in [0, 0.05) is 23.7 Å². The number of nitroso groups, excluding NO2 is 1.